The molecule has 5 nitrogen and oxygen atoms in total. The molecule has 1 aliphatic rings. The molecule has 1 saturated carbocycles. The van der Waals surface area contributed by atoms with Gasteiger partial charge in [0.15, 0.2) is 0 Å². The first-order chi connectivity index (χ1) is 15.1. The van der Waals surface area contributed by atoms with Crippen LogP contribution in [0.3, 0.4) is 0 Å². The first-order valence-corrected chi connectivity index (χ1v) is 10.9. The maximum atomic E-state index is 12.5. The molecule has 158 valence electrons. The number of hydrogen-bond donors (Lipinski definition) is 1. The quantitative estimate of drug-likeness (QED) is 0.394. The maximum absolute atomic E-state index is 12.5. The molecule has 1 aliphatic carbocycles. The second-order valence-corrected chi connectivity index (χ2v) is 8.27. The number of ether oxygens (including phenoxy) is 1. The van der Waals surface area contributed by atoms with Crippen molar-refractivity contribution in [1.29, 1.82) is 0 Å². The molecule has 2 aromatic heterocycles. The summed E-state index contributed by atoms with van der Waals surface area (Å²) in [4.78, 5) is 9.00. The Labute approximate surface area is 181 Å². The zero-order valence-corrected chi connectivity index (χ0v) is 17.6. The molecule has 31 heavy (non-hydrogen) atoms. The fraction of sp³-hybridized carbons (Fsp3) is 0.217. The van der Waals surface area contributed by atoms with Gasteiger partial charge >= 0.3 is 6.61 Å². The lowest BCUT2D eigenvalue weighted by Crippen LogP contribution is -2.13. The van der Waals surface area contributed by atoms with E-state index in [1.54, 1.807) is 12.1 Å². The van der Waals surface area contributed by atoms with Crippen LogP contribution in [-0.2, 0) is 0 Å². The zero-order valence-electron chi connectivity index (χ0n) is 16.8. The van der Waals surface area contributed by atoms with Crippen LogP contribution in [-0.4, -0.2) is 28.5 Å². The van der Waals surface area contributed by atoms with Gasteiger partial charge in [-0.25, -0.2) is 4.68 Å². The third-order valence-electron chi connectivity index (χ3n) is 5.15. The number of nitrogens with one attached hydrogen (secondary N) is 1. The molecule has 0 aliphatic heterocycles. The van der Waals surface area contributed by atoms with Gasteiger partial charge in [0.25, 0.3) is 0 Å². The van der Waals surface area contributed by atoms with Crippen LogP contribution in [0, 0.1) is 6.92 Å². The van der Waals surface area contributed by atoms with Crippen LogP contribution >= 0.6 is 11.3 Å². The van der Waals surface area contributed by atoms with Crippen molar-refractivity contribution < 1.29 is 13.5 Å². The number of aromatic amines is 1. The molecule has 1 fully saturated rings. The minimum Gasteiger partial charge on any atom is -0.435 e. The zero-order chi connectivity index (χ0) is 21.4. The summed E-state index contributed by atoms with van der Waals surface area (Å²) in [5.41, 5.74) is 4.83. The SMILES string of the molecule is Cc1[nH]c2ccccc2c1/C=N/n1c(-c2ccc(OC(F)F)cc2)csc1=NC1CC1. The molecule has 4 aromatic rings. The number of fused-ring (bicyclic) bond motifs is 1. The Morgan fingerprint density at radius 3 is 2.68 bits per heavy atom. The van der Waals surface area contributed by atoms with Gasteiger partial charge in [0.05, 0.1) is 18.0 Å². The van der Waals surface area contributed by atoms with E-state index in [9.17, 15) is 8.78 Å². The van der Waals surface area contributed by atoms with Gasteiger partial charge < -0.3 is 9.72 Å². The number of thiazole rings is 1. The van der Waals surface area contributed by atoms with Gasteiger partial charge in [-0.05, 0) is 50.1 Å². The lowest BCUT2D eigenvalue weighted by Gasteiger charge is -2.07. The minimum absolute atomic E-state index is 0.126. The van der Waals surface area contributed by atoms with Gasteiger partial charge in [-0.1, -0.05) is 18.2 Å². The Kier molecular flexibility index (Phi) is 5.15. The summed E-state index contributed by atoms with van der Waals surface area (Å²) in [6.45, 7) is -0.817. The number of H-pyrrole nitrogens is 1. The highest BCUT2D eigenvalue weighted by atomic mass is 32.1. The van der Waals surface area contributed by atoms with Crippen LogP contribution in [0.15, 0.2) is 64.0 Å². The number of aryl methyl sites for hydroxylation is 1. The average Bonchev–Trinajstić information content (AvgIpc) is 3.39. The fourth-order valence-corrected chi connectivity index (χ4v) is 4.35. The Bertz CT molecular complexity index is 1310. The Hall–Kier alpha value is -3.26. The molecule has 0 amide bonds. The summed E-state index contributed by atoms with van der Waals surface area (Å²) in [6, 6.07) is 15.0. The van der Waals surface area contributed by atoms with E-state index >= 15 is 0 Å². The lowest BCUT2D eigenvalue weighted by atomic mass is 10.1. The number of alkyl halides is 2. The molecular weight excluding hydrogens is 418 g/mol. The predicted molar refractivity (Wildman–Crippen MR) is 119 cm³/mol. The smallest absolute Gasteiger partial charge is 0.387 e. The van der Waals surface area contributed by atoms with E-state index in [0.717, 1.165) is 51.1 Å². The van der Waals surface area contributed by atoms with Crippen LogP contribution in [0.1, 0.15) is 24.1 Å². The van der Waals surface area contributed by atoms with Crippen LogP contribution in [0.2, 0.25) is 0 Å². The van der Waals surface area contributed by atoms with Crippen LogP contribution < -0.4 is 9.54 Å². The second-order valence-electron chi connectivity index (χ2n) is 7.43. The number of rotatable bonds is 6. The number of hydrogen-bond acceptors (Lipinski definition) is 4. The van der Waals surface area contributed by atoms with Crippen molar-refractivity contribution in [2.24, 2.45) is 10.1 Å². The van der Waals surface area contributed by atoms with Crippen molar-refractivity contribution in [2.45, 2.75) is 32.4 Å². The molecule has 0 bridgehead atoms. The van der Waals surface area contributed by atoms with E-state index in [1.807, 2.05) is 41.4 Å². The van der Waals surface area contributed by atoms with Crippen LogP contribution in [0.4, 0.5) is 8.78 Å². The number of para-hydroxylation sites is 1. The highest BCUT2D eigenvalue weighted by Crippen LogP contribution is 2.26. The molecule has 8 heteroatoms. The molecule has 2 heterocycles. The highest BCUT2D eigenvalue weighted by Gasteiger charge is 2.21. The van der Waals surface area contributed by atoms with E-state index in [1.165, 1.54) is 23.5 Å². The largest absolute Gasteiger partial charge is 0.435 e. The summed E-state index contributed by atoms with van der Waals surface area (Å²) in [6.07, 6.45) is 4.04. The van der Waals surface area contributed by atoms with Crippen LogP contribution in [0.5, 0.6) is 5.75 Å². The fourth-order valence-electron chi connectivity index (χ4n) is 3.45. The molecule has 0 atom stereocenters. The normalized spacial score (nSPS) is 14.9. The average molecular weight is 439 g/mol. The van der Waals surface area contributed by atoms with Gasteiger partial charge in [0.2, 0.25) is 4.80 Å². The first kappa shape index (κ1) is 19.7. The third kappa shape index (κ3) is 4.16. The minimum atomic E-state index is -2.84. The summed E-state index contributed by atoms with van der Waals surface area (Å²) in [5, 5.41) is 7.88. The number of halogens is 2. The number of benzene rings is 2. The summed E-state index contributed by atoms with van der Waals surface area (Å²) in [5.74, 6) is 0.126. The summed E-state index contributed by atoms with van der Waals surface area (Å²) >= 11 is 1.52. The molecule has 0 saturated heterocycles. The summed E-state index contributed by atoms with van der Waals surface area (Å²) in [7, 11) is 0. The van der Waals surface area contributed by atoms with Crippen molar-refractivity contribution in [3.05, 3.63) is 70.0 Å². The van der Waals surface area contributed by atoms with Gasteiger partial charge in [-0.2, -0.15) is 13.9 Å². The standard InChI is InChI=1S/C23H20F2N4OS/c1-14-19(18-4-2-3-5-20(18)27-14)12-26-29-21(13-31-23(29)28-16-8-9-16)15-6-10-17(11-7-15)30-22(24)25/h2-7,10-13,16,22,27H,8-9H2,1H3/b26-12+,28-23?. The molecule has 1 N–H and O–H groups in total. The predicted octanol–water partition coefficient (Wildman–Crippen LogP) is 5.55. The van der Waals surface area contributed by atoms with Crippen molar-refractivity contribution in [3.8, 4) is 17.0 Å². The third-order valence-corrected chi connectivity index (χ3v) is 5.98. The van der Waals surface area contributed by atoms with E-state index in [2.05, 4.69) is 15.8 Å². The Morgan fingerprint density at radius 1 is 1.16 bits per heavy atom. The molecule has 5 rings (SSSR count). The molecular formula is C23H20F2N4OS. The van der Waals surface area contributed by atoms with Crippen LogP contribution in [0.25, 0.3) is 22.2 Å². The number of nitrogens with zero attached hydrogens (tertiary/aromatic N) is 3. The Balaban J connectivity index is 1.56. The van der Waals surface area contributed by atoms with Crippen molar-refractivity contribution in [1.82, 2.24) is 9.66 Å². The molecule has 2 aromatic carbocycles. The summed E-state index contributed by atoms with van der Waals surface area (Å²) < 4.78 is 31.2. The number of aromatic nitrogens is 2. The van der Waals surface area contributed by atoms with Gasteiger partial charge in [-0.15, -0.1) is 11.3 Å². The molecule has 0 spiro atoms. The van der Waals surface area contributed by atoms with E-state index in [4.69, 9.17) is 10.1 Å². The maximum Gasteiger partial charge on any atom is 0.387 e. The van der Waals surface area contributed by atoms with E-state index < -0.39 is 6.61 Å². The first-order valence-electron chi connectivity index (χ1n) is 10.00. The highest BCUT2D eigenvalue weighted by molar-refractivity contribution is 7.07. The monoisotopic (exact) mass is 438 g/mol. The van der Waals surface area contributed by atoms with E-state index in [0.29, 0.717) is 6.04 Å². The lowest BCUT2D eigenvalue weighted by molar-refractivity contribution is -0.0498. The van der Waals surface area contributed by atoms with Crippen molar-refractivity contribution >= 4 is 28.5 Å². The van der Waals surface area contributed by atoms with Gasteiger partial charge in [-0.3, -0.25) is 4.99 Å². The van der Waals surface area contributed by atoms with E-state index in [-0.39, 0.29) is 5.75 Å². The second kappa shape index (κ2) is 8.11. The molecule has 0 unspecified atom stereocenters. The van der Waals surface area contributed by atoms with Crippen molar-refractivity contribution in [3.63, 3.8) is 0 Å². The topological polar surface area (TPSA) is 54.7 Å². The van der Waals surface area contributed by atoms with Crippen molar-refractivity contribution in [2.75, 3.05) is 0 Å². The van der Waals surface area contributed by atoms with Gasteiger partial charge in [0, 0.05) is 33.1 Å². The Morgan fingerprint density at radius 2 is 1.94 bits per heavy atom. The van der Waals surface area contributed by atoms with Gasteiger partial charge in [0.1, 0.15) is 5.75 Å². The molecule has 0 radical (unpaired) electrons.